The second kappa shape index (κ2) is 13.7. The SMILES string of the molecule is c1ccc(-c2ccc(N(c3ccc(-c4ccc5ccccc5c4)cc3)c3cccc4c3sc3cccc(-c5ccccc5)c34)cc2-c2ccccc2)cc1. The molecule has 0 saturated heterocycles. The van der Waals surface area contributed by atoms with Gasteiger partial charge in [-0.3, -0.25) is 0 Å². The van der Waals surface area contributed by atoms with Crippen molar-refractivity contribution < 1.29 is 0 Å². The molecule has 0 atom stereocenters. The predicted molar refractivity (Wildman–Crippen MR) is 233 cm³/mol. The van der Waals surface area contributed by atoms with Crippen LogP contribution in [0.1, 0.15) is 0 Å². The summed E-state index contributed by atoms with van der Waals surface area (Å²) in [5.74, 6) is 0. The van der Waals surface area contributed by atoms with Crippen LogP contribution in [0.4, 0.5) is 17.1 Å². The van der Waals surface area contributed by atoms with Gasteiger partial charge < -0.3 is 4.90 Å². The third kappa shape index (κ3) is 5.74. The molecule has 0 amide bonds. The molecule has 0 bridgehead atoms. The Balaban J connectivity index is 1.19. The summed E-state index contributed by atoms with van der Waals surface area (Å²) in [6.45, 7) is 0. The van der Waals surface area contributed by atoms with E-state index in [1.807, 2.05) is 11.3 Å². The van der Waals surface area contributed by atoms with Crippen molar-refractivity contribution in [3.63, 3.8) is 0 Å². The predicted octanol–water partition coefficient (Wildman–Crippen LogP) is 15.3. The van der Waals surface area contributed by atoms with E-state index in [1.165, 1.54) is 75.5 Å². The average molecular weight is 706 g/mol. The normalized spacial score (nSPS) is 11.3. The Hall–Kier alpha value is -6.74. The first-order valence-electron chi connectivity index (χ1n) is 18.4. The van der Waals surface area contributed by atoms with Crippen LogP contribution >= 0.6 is 11.3 Å². The molecule has 0 N–H and O–H groups in total. The van der Waals surface area contributed by atoms with Gasteiger partial charge in [-0.1, -0.05) is 170 Å². The topological polar surface area (TPSA) is 3.24 Å². The van der Waals surface area contributed by atoms with Gasteiger partial charge in [0.2, 0.25) is 0 Å². The Labute approximate surface area is 319 Å². The van der Waals surface area contributed by atoms with Gasteiger partial charge in [0.1, 0.15) is 0 Å². The maximum Gasteiger partial charge on any atom is 0.0640 e. The van der Waals surface area contributed by atoms with Crippen molar-refractivity contribution >= 4 is 59.3 Å². The lowest BCUT2D eigenvalue weighted by atomic mass is 9.93. The summed E-state index contributed by atoms with van der Waals surface area (Å²) in [6, 6.07) is 77.1. The second-order valence-corrected chi connectivity index (χ2v) is 14.8. The maximum atomic E-state index is 2.45. The highest BCUT2D eigenvalue weighted by atomic mass is 32.1. The zero-order valence-corrected chi connectivity index (χ0v) is 30.4. The lowest BCUT2D eigenvalue weighted by Gasteiger charge is -2.27. The van der Waals surface area contributed by atoms with E-state index in [1.54, 1.807) is 0 Å². The highest BCUT2D eigenvalue weighted by Gasteiger charge is 2.21. The van der Waals surface area contributed by atoms with Gasteiger partial charge >= 0.3 is 0 Å². The van der Waals surface area contributed by atoms with Crippen LogP contribution in [0.5, 0.6) is 0 Å². The molecule has 1 aromatic heterocycles. The van der Waals surface area contributed by atoms with Crippen LogP contribution in [0.2, 0.25) is 0 Å². The van der Waals surface area contributed by atoms with Crippen LogP contribution in [-0.2, 0) is 0 Å². The molecule has 10 aromatic rings. The van der Waals surface area contributed by atoms with Gasteiger partial charge in [0.25, 0.3) is 0 Å². The lowest BCUT2D eigenvalue weighted by Crippen LogP contribution is -2.10. The van der Waals surface area contributed by atoms with E-state index in [0.29, 0.717) is 0 Å². The van der Waals surface area contributed by atoms with Gasteiger partial charge in [0.15, 0.2) is 0 Å². The molecule has 10 rings (SSSR count). The molecule has 0 radical (unpaired) electrons. The number of hydrogen-bond donors (Lipinski definition) is 0. The van der Waals surface area contributed by atoms with E-state index in [9.17, 15) is 0 Å². The fraction of sp³-hybridized carbons (Fsp3) is 0. The minimum atomic E-state index is 1.11. The molecular weight excluding hydrogens is 671 g/mol. The number of fused-ring (bicyclic) bond motifs is 4. The number of nitrogens with zero attached hydrogens (tertiary/aromatic N) is 1. The van der Waals surface area contributed by atoms with Gasteiger partial charge in [-0.05, 0) is 97.7 Å². The Bertz CT molecular complexity index is 2910. The molecule has 0 spiro atoms. The van der Waals surface area contributed by atoms with Crippen LogP contribution < -0.4 is 4.90 Å². The maximum absolute atomic E-state index is 2.45. The number of anilines is 3. The third-order valence-electron chi connectivity index (χ3n) is 10.5. The molecule has 54 heavy (non-hydrogen) atoms. The number of benzene rings is 9. The van der Waals surface area contributed by atoms with Crippen molar-refractivity contribution in [3.05, 3.63) is 212 Å². The standard InChI is InChI=1S/C52H35NS/c1-4-15-38(16-5-1)45-33-32-44(35-48(45)40-19-8-3-9-20-40)53(43-30-28-37(29-31-43)42-27-26-36-14-10-11-21-41(36)34-42)49-24-12-23-47-51-46(39-17-6-2-7-18-39)22-13-25-50(51)54-52(47)49/h1-35H. The van der Waals surface area contributed by atoms with Crippen molar-refractivity contribution in [3.8, 4) is 44.5 Å². The summed E-state index contributed by atoms with van der Waals surface area (Å²) in [5, 5.41) is 5.08. The van der Waals surface area contributed by atoms with Crippen molar-refractivity contribution in [2.45, 2.75) is 0 Å². The number of hydrogen-bond acceptors (Lipinski definition) is 2. The Morgan fingerprint density at radius 3 is 1.65 bits per heavy atom. The quantitative estimate of drug-likeness (QED) is 0.160. The zero-order valence-electron chi connectivity index (χ0n) is 29.6. The van der Waals surface area contributed by atoms with E-state index < -0.39 is 0 Å². The first kappa shape index (κ1) is 32.0. The monoisotopic (exact) mass is 705 g/mol. The van der Waals surface area contributed by atoms with Gasteiger partial charge in [-0.2, -0.15) is 0 Å². The highest BCUT2D eigenvalue weighted by Crippen LogP contribution is 2.48. The fourth-order valence-corrected chi connectivity index (χ4v) is 9.10. The van der Waals surface area contributed by atoms with E-state index >= 15 is 0 Å². The van der Waals surface area contributed by atoms with Crippen LogP contribution in [0.25, 0.3) is 75.5 Å². The molecule has 9 aromatic carbocycles. The average Bonchev–Trinajstić information content (AvgIpc) is 3.65. The van der Waals surface area contributed by atoms with Crippen molar-refractivity contribution in [2.24, 2.45) is 0 Å². The van der Waals surface area contributed by atoms with Crippen LogP contribution in [0, 0.1) is 0 Å². The molecule has 0 saturated carbocycles. The Morgan fingerprint density at radius 1 is 0.333 bits per heavy atom. The third-order valence-corrected chi connectivity index (χ3v) is 11.7. The minimum absolute atomic E-state index is 1.11. The Morgan fingerprint density at radius 2 is 0.926 bits per heavy atom. The minimum Gasteiger partial charge on any atom is -0.309 e. The molecule has 2 heteroatoms. The fourth-order valence-electron chi connectivity index (χ4n) is 7.86. The largest absolute Gasteiger partial charge is 0.309 e. The zero-order chi connectivity index (χ0) is 35.8. The second-order valence-electron chi connectivity index (χ2n) is 13.7. The van der Waals surface area contributed by atoms with Crippen molar-refractivity contribution in [2.75, 3.05) is 4.90 Å². The molecule has 254 valence electrons. The smallest absolute Gasteiger partial charge is 0.0640 e. The van der Waals surface area contributed by atoms with Crippen LogP contribution in [0.3, 0.4) is 0 Å². The van der Waals surface area contributed by atoms with E-state index in [0.717, 1.165) is 17.1 Å². The molecule has 0 aliphatic carbocycles. The lowest BCUT2D eigenvalue weighted by molar-refractivity contribution is 1.30. The van der Waals surface area contributed by atoms with Crippen LogP contribution in [0.15, 0.2) is 212 Å². The summed E-state index contributed by atoms with van der Waals surface area (Å²) in [4.78, 5) is 2.45. The van der Waals surface area contributed by atoms with E-state index in [4.69, 9.17) is 0 Å². The molecule has 0 fully saturated rings. The van der Waals surface area contributed by atoms with E-state index in [2.05, 4.69) is 217 Å². The Kier molecular flexibility index (Phi) is 8.09. The van der Waals surface area contributed by atoms with Crippen LogP contribution in [-0.4, -0.2) is 0 Å². The van der Waals surface area contributed by atoms with Crippen molar-refractivity contribution in [1.29, 1.82) is 0 Å². The van der Waals surface area contributed by atoms with Gasteiger partial charge in [0.05, 0.1) is 10.4 Å². The summed E-state index contributed by atoms with van der Waals surface area (Å²) in [7, 11) is 0. The summed E-state index contributed by atoms with van der Waals surface area (Å²) in [5.41, 5.74) is 13.1. The molecule has 0 aliphatic heterocycles. The van der Waals surface area contributed by atoms with Crippen molar-refractivity contribution in [1.82, 2.24) is 0 Å². The number of thiophene rings is 1. The van der Waals surface area contributed by atoms with Gasteiger partial charge in [0, 0.05) is 26.8 Å². The molecule has 1 heterocycles. The molecule has 0 aliphatic rings. The molecule has 0 unspecified atom stereocenters. The highest BCUT2D eigenvalue weighted by molar-refractivity contribution is 7.26. The molecular formula is C52H35NS. The first-order chi connectivity index (χ1) is 26.8. The van der Waals surface area contributed by atoms with Gasteiger partial charge in [-0.25, -0.2) is 0 Å². The summed E-state index contributed by atoms with van der Waals surface area (Å²) in [6.07, 6.45) is 0. The summed E-state index contributed by atoms with van der Waals surface area (Å²) >= 11 is 1.87. The molecule has 1 nitrogen and oxygen atoms in total. The van der Waals surface area contributed by atoms with E-state index in [-0.39, 0.29) is 0 Å². The number of rotatable bonds is 7. The van der Waals surface area contributed by atoms with Gasteiger partial charge in [-0.15, -0.1) is 11.3 Å². The first-order valence-corrected chi connectivity index (χ1v) is 19.2. The summed E-state index contributed by atoms with van der Waals surface area (Å²) < 4.78 is 2.55.